The van der Waals surface area contributed by atoms with Gasteiger partial charge < -0.3 is 4.79 Å². The molecule has 1 unspecified atom stereocenters. The van der Waals surface area contributed by atoms with Crippen LogP contribution < -0.4 is 0 Å². The second kappa shape index (κ2) is 5.01. The van der Waals surface area contributed by atoms with Crippen molar-refractivity contribution >= 4 is 6.29 Å². The van der Waals surface area contributed by atoms with E-state index in [9.17, 15) is 13.6 Å². The van der Waals surface area contributed by atoms with Crippen molar-refractivity contribution in [1.29, 1.82) is 0 Å². The van der Waals surface area contributed by atoms with Crippen molar-refractivity contribution in [3.63, 3.8) is 0 Å². The molecule has 0 amide bonds. The van der Waals surface area contributed by atoms with Crippen LogP contribution in [0.15, 0.2) is 18.2 Å². The minimum absolute atomic E-state index is 0.0354. The lowest BCUT2D eigenvalue weighted by Crippen LogP contribution is -2.02. The van der Waals surface area contributed by atoms with Crippen LogP contribution in [0.1, 0.15) is 42.9 Å². The zero-order valence-corrected chi connectivity index (χ0v) is 8.84. The summed E-state index contributed by atoms with van der Waals surface area (Å²) in [6, 6.07) is 4.79. The molecule has 0 radical (unpaired) electrons. The first kappa shape index (κ1) is 11.8. The van der Waals surface area contributed by atoms with Crippen molar-refractivity contribution in [2.24, 2.45) is 0 Å². The maximum Gasteiger partial charge on any atom is 0.264 e. The molecule has 0 aromatic heterocycles. The molecule has 15 heavy (non-hydrogen) atoms. The third kappa shape index (κ3) is 2.61. The molecule has 0 aliphatic heterocycles. The number of carbonyl (C=O) groups is 1. The molecule has 0 saturated heterocycles. The zero-order valence-electron chi connectivity index (χ0n) is 8.84. The third-order valence-electron chi connectivity index (χ3n) is 2.49. The summed E-state index contributed by atoms with van der Waals surface area (Å²) in [5.41, 5.74) is 1.38. The van der Waals surface area contributed by atoms with Gasteiger partial charge in [-0.25, -0.2) is 8.78 Å². The molecule has 0 aliphatic carbocycles. The number of aldehydes is 1. The maximum absolute atomic E-state index is 12.6. The minimum Gasteiger partial charge on any atom is -0.303 e. The zero-order chi connectivity index (χ0) is 11.4. The van der Waals surface area contributed by atoms with E-state index in [-0.39, 0.29) is 5.56 Å². The number of halogens is 2. The van der Waals surface area contributed by atoms with Crippen LogP contribution in [-0.2, 0) is 11.2 Å². The summed E-state index contributed by atoms with van der Waals surface area (Å²) in [7, 11) is 0. The Bertz CT molecular complexity index is 347. The average Bonchev–Trinajstić information content (AvgIpc) is 2.26. The molecular weight excluding hydrogens is 198 g/mol. The largest absolute Gasteiger partial charge is 0.303 e. The second-order valence-electron chi connectivity index (χ2n) is 3.54. The topological polar surface area (TPSA) is 17.1 Å². The highest BCUT2D eigenvalue weighted by molar-refractivity contribution is 5.63. The molecule has 82 valence electrons. The number of rotatable bonds is 4. The maximum atomic E-state index is 12.6. The molecule has 0 aliphatic rings. The molecule has 3 heteroatoms. The fourth-order valence-corrected chi connectivity index (χ4v) is 1.51. The molecule has 0 fully saturated rings. The number of hydrogen-bond donors (Lipinski definition) is 0. The smallest absolute Gasteiger partial charge is 0.264 e. The summed E-state index contributed by atoms with van der Waals surface area (Å²) in [5.74, 6) is -0.472. The van der Waals surface area contributed by atoms with E-state index >= 15 is 0 Å². The van der Waals surface area contributed by atoms with Gasteiger partial charge in [0, 0.05) is 11.5 Å². The second-order valence-corrected chi connectivity index (χ2v) is 3.54. The van der Waals surface area contributed by atoms with Gasteiger partial charge >= 0.3 is 0 Å². The lowest BCUT2D eigenvalue weighted by atomic mass is 9.94. The summed E-state index contributed by atoms with van der Waals surface area (Å²) in [5, 5.41) is 0. The average molecular weight is 212 g/mol. The Labute approximate surface area is 88.1 Å². The van der Waals surface area contributed by atoms with Gasteiger partial charge in [0.05, 0.1) is 0 Å². The summed E-state index contributed by atoms with van der Waals surface area (Å²) >= 11 is 0. The first-order chi connectivity index (χ1) is 7.10. The first-order valence-corrected chi connectivity index (χ1v) is 4.96. The summed E-state index contributed by atoms with van der Waals surface area (Å²) in [6.07, 6.45) is -1.05. The number of alkyl halides is 2. The molecular formula is C12H14F2O. The van der Waals surface area contributed by atoms with Crippen LogP contribution in [0, 0.1) is 0 Å². The molecule has 0 heterocycles. The number of benzene rings is 1. The molecule has 1 atom stereocenters. The van der Waals surface area contributed by atoms with Gasteiger partial charge in [0.2, 0.25) is 0 Å². The van der Waals surface area contributed by atoms with E-state index in [0.29, 0.717) is 11.8 Å². The van der Waals surface area contributed by atoms with Gasteiger partial charge in [0.15, 0.2) is 0 Å². The van der Waals surface area contributed by atoms with Gasteiger partial charge in [-0.3, -0.25) is 0 Å². The van der Waals surface area contributed by atoms with Gasteiger partial charge in [-0.05, 0) is 17.5 Å². The van der Waals surface area contributed by atoms with Crippen molar-refractivity contribution < 1.29 is 13.6 Å². The highest BCUT2D eigenvalue weighted by Gasteiger charge is 2.17. The van der Waals surface area contributed by atoms with Crippen LogP contribution >= 0.6 is 0 Å². The quantitative estimate of drug-likeness (QED) is 0.698. The van der Waals surface area contributed by atoms with Gasteiger partial charge in [-0.15, -0.1) is 0 Å². The summed E-state index contributed by atoms with van der Waals surface area (Å²) in [4.78, 5) is 10.6. The molecule has 0 bridgehead atoms. The molecule has 0 saturated carbocycles. The lowest BCUT2D eigenvalue weighted by Gasteiger charge is -2.12. The molecule has 1 aromatic rings. The van der Waals surface area contributed by atoms with Crippen molar-refractivity contribution in [2.75, 3.05) is 0 Å². The summed E-state index contributed by atoms with van der Waals surface area (Å²) in [6.45, 7) is 3.58. The van der Waals surface area contributed by atoms with Crippen LogP contribution in [0.25, 0.3) is 0 Å². The van der Waals surface area contributed by atoms with Gasteiger partial charge in [-0.2, -0.15) is 0 Å². The van der Waals surface area contributed by atoms with E-state index < -0.39 is 12.3 Å². The van der Waals surface area contributed by atoms with Crippen LogP contribution in [0.3, 0.4) is 0 Å². The fraction of sp³-hybridized carbons (Fsp3) is 0.417. The molecule has 1 rings (SSSR count). The Morgan fingerprint density at radius 3 is 2.47 bits per heavy atom. The van der Waals surface area contributed by atoms with Crippen molar-refractivity contribution in [3.05, 3.63) is 34.9 Å². The molecule has 1 aromatic carbocycles. The highest BCUT2D eigenvalue weighted by atomic mass is 19.3. The van der Waals surface area contributed by atoms with E-state index in [2.05, 4.69) is 0 Å². The fourth-order valence-electron chi connectivity index (χ4n) is 1.51. The van der Waals surface area contributed by atoms with E-state index in [1.807, 2.05) is 6.92 Å². The van der Waals surface area contributed by atoms with Crippen molar-refractivity contribution in [3.8, 4) is 0 Å². The number of hydrogen-bond acceptors (Lipinski definition) is 1. The highest BCUT2D eigenvalue weighted by Crippen LogP contribution is 2.28. The van der Waals surface area contributed by atoms with E-state index in [1.54, 1.807) is 19.1 Å². The Balaban J connectivity index is 3.22. The van der Waals surface area contributed by atoms with E-state index in [4.69, 9.17) is 0 Å². The number of carbonyl (C=O) groups excluding carboxylic acids is 1. The normalized spacial score (nSPS) is 12.9. The van der Waals surface area contributed by atoms with Crippen LogP contribution in [0.2, 0.25) is 0 Å². The van der Waals surface area contributed by atoms with Crippen LogP contribution in [-0.4, -0.2) is 6.29 Å². The molecule has 1 nitrogen and oxygen atoms in total. The third-order valence-corrected chi connectivity index (χ3v) is 2.49. The van der Waals surface area contributed by atoms with E-state index in [1.165, 1.54) is 6.07 Å². The predicted octanol–water partition coefficient (Wildman–Crippen LogP) is 3.49. The monoisotopic (exact) mass is 212 g/mol. The van der Waals surface area contributed by atoms with Gasteiger partial charge in [-0.1, -0.05) is 32.0 Å². The van der Waals surface area contributed by atoms with Crippen molar-refractivity contribution in [2.45, 2.75) is 32.6 Å². The van der Waals surface area contributed by atoms with Crippen LogP contribution in [0.5, 0.6) is 0 Å². The Morgan fingerprint density at radius 2 is 2.00 bits per heavy atom. The lowest BCUT2D eigenvalue weighted by molar-refractivity contribution is -0.108. The first-order valence-electron chi connectivity index (χ1n) is 4.96. The number of aryl methyl sites for hydroxylation is 1. The van der Waals surface area contributed by atoms with E-state index in [0.717, 1.165) is 12.0 Å². The predicted molar refractivity (Wildman–Crippen MR) is 55.3 cm³/mol. The van der Waals surface area contributed by atoms with Crippen molar-refractivity contribution in [1.82, 2.24) is 0 Å². The Morgan fingerprint density at radius 1 is 1.33 bits per heavy atom. The summed E-state index contributed by atoms with van der Waals surface area (Å²) < 4.78 is 25.3. The Kier molecular flexibility index (Phi) is 3.95. The van der Waals surface area contributed by atoms with Crippen LogP contribution in [0.4, 0.5) is 8.78 Å². The van der Waals surface area contributed by atoms with Gasteiger partial charge in [0.25, 0.3) is 6.43 Å². The Hall–Kier alpha value is -1.25. The van der Waals surface area contributed by atoms with Gasteiger partial charge in [0.1, 0.15) is 6.29 Å². The standard InChI is InChI=1S/C12H14F2O/c1-3-9-4-5-10(12(13)14)11(6-9)8(2)7-15/h4-8,12H,3H2,1-2H3. The molecule has 0 spiro atoms. The SMILES string of the molecule is CCc1ccc(C(F)F)c(C(C)C=O)c1. The molecule has 0 N–H and O–H groups in total. The minimum atomic E-state index is -2.52.